The molecule has 2 aromatic carbocycles. The first-order valence-electron chi connectivity index (χ1n) is 8.12. The molecule has 120 valence electrons. The van der Waals surface area contributed by atoms with E-state index in [1.807, 2.05) is 10.9 Å². The smallest absolute Gasteiger partial charge is 0.113 e. The zero-order chi connectivity index (χ0) is 16.8. The third-order valence-corrected chi connectivity index (χ3v) is 4.18. The van der Waals surface area contributed by atoms with Crippen LogP contribution >= 0.6 is 0 Å². The van der Waals surface area contributed by atoms with Gasteiger partial charge in [0.05, 0.1) is 11.7 Å². The number of aromatic nitrogens is 3. The Labute approximate surface area is 138 Å². The van der Waals surface area contributed by atoms with E-state index >= 15 is 0 Å². The maximum absolute atomic E-state index is 4.33. The van der Waals surface area contributed by atoms with E-state index < -0.39 is 0 Å². The first kappa shape index (κ1) is 15.7. The van der Waals surface area contributed by atoms with E-state index in [9.17, 15) is 0 Å². The van der Waals surface area contributed by atoms with Gasteiger partial charge < -0.3 is 0 Å². The number of fused-ring (bicyclic) bond motifs is 1. The summed E-state index contributed by atoms with van der Waals surface area (Å²) in [5.41, 5.74) is 3.50. The SMILES string of the molecule is CC(C)(C)c1ccc2cc(-c3cn(C(C)(C)C)nn3)ccc2c1. The molecule has 3 aromatic rings. The molecule has 0 aliphatic rings. The topological polar surface area (TPSA) is 30.7 Å². The predicted octanol–water partition coefficient (Wildman–Crippen LogP) is 5.15. The van der Waals surface area contributed by atoms with Crippen molar-refractivity contribution in [2.24, 2.45) is 0 Å². The number of hydrogen-bond acceptors (Lipinski definition) is 2. The van der Waals surface area contributed by atoms with E-state index in [0.29, 0.717) is 0 Å². The normalized spacial score (nSPS) is 12.8. The molecule has 0 amide bonds. The van der Waals surface area contributed by atoms with Crippen LogP contribution in [0, 0.1) is 0 Å². The lowest BCUT2D eigenvalue weighted by atomic mass is 9.86. The fraction of sp³-hybridized carbons (Fsp3) is 0.400. The molecule has 0 radical (unpaired) electrons. The van der Waals surface area contributed by atoms with Crippen LogP contribution in [-0.2, 0) is 11.0 Å². The fourth-order valence-electron chi connectivity index (χ4n) is 2.60. The third-order valence-electron chi connectivity index (χ3n) is 4.18. The molecule has 1 heterocycles. The van der Waals surface area contributed by atoms with Crippen LogP contribution in [0.2, 0.25) is 0 Å². The Morgan fingerprint density at radius 1 is 0.826 bits per heavy atom. The monoisotopic (exact) mass is 307 g/mol. The van der Waals surface area contributed by atoms with Crippen molar-refractivity contribution in [3.05, 3.63) is 48.2 Å². The van der Waals surface area contributed by atoms with E-state index in [4.69, 9.17) is 0 Å². The van der Waals surface area contributed by atoms with E-state index in [1.54, 1.807) is 0 Å². The summed E-state index contributed by atoms with van der Waals surface area (Å²) in [7, 11) is 0. The van der Waals surface area contributed by atoms with Crippen molar-refractivity contribution in [3.8, 4) is 11.3 Å². The average Bonchev–Trinajstić information content (AvgIpc) is 2.95. The molecule has 0 saturated heterocycles. The summed E-state index contributed by atoms with van der Waals surface area (Å²) < 4.78 is 1.91. The summed E-state index contributed by atoms with van der Waals surface area (Å²) in [4.78, 5) is 0. The Kier molecular flexibility index (Phi) is 3.55. The molecule has 0 N–H and O–H groups in total. The Bertz CT molecular complexity index is 845. The van der Waals surface area contributed by atoms with Gasteiger partial charge in [0.1, 0.15) is 5.69 Å². The molecule has 23 heavy (non-hydrogen) atoms. The van der Waals surface area contributed by atoms with Gasteiger partial charge in [-0.2, -0.15) is 0 Å². The molecule has 3 rings (SSSR count). The van der Waals surface area contributed by atoms with Crippen molar-refractivity contribution in [1.29, 1.82) is 0 Å². The van der Waals surface area contributed by atoms with Gasteiger partial charge in [-0.05, 0) is 48.6 Å². The van der Waals surface area contributed by atoms with E-state index in [1.165, 1.54) is 16.3 Å². The summed E-state index contributed by atoms with van der Waals surface area (Å²) in [5.74, 6) is 0. The lowest BCUT2D eigenvalue weighted by Gasteiger charge is -2.19. The number of rotatable bonds is 1. The van der Waals surface area contributed by atoms with Crippen LogP contribution in [0.4, 0.5) is 0 Å². The van der Waals surface area contributed by atoms with Gasteiger partial charge in [0.2, 0.25) is 0 Å². The van der Waals surface area contributed by atoms with Crippen molar-refractivity contribution < 1.29 is 0 Å². The van der Waals surface area contributed by atoms with Crippen molar-refractivity contribution in [3.63, 3.8) is 0 Å². The molecular weight excluding hydrogens is 282 g/mol. The minimum Gasteiger partial charge on any atom is -0.247 e. The Morgan fingerprint density at radius 3 is 2.09 bits per heavy atom. The molecule has 3 heteroatoms. The highest BCUT2D eigenvalue weighted by Gasteiger charge is 2.16. The standard InChI is InChI=1S/C20H25N3/c1-19(2,3)17-10-9-14-11-16(8-7-15(14)12-17)18-13-23(22-21-18)20(4,5)6/h7-13H,1-6H3. The van der Waals surface area contributed by atoms with Gasteiger partial charge in [0.15, 0.2) is 0 Å². The van der Waals surface area contributed by atoms with Crippen LogP contribution < -0.4 is 0 Å². The summed E-state index contributed by atoms with van der Waals surface area (Å²) in [6, 6.07) is 13.2. The highest BCUT2D eigenvalue weighted by Crippen LogP contribution is 2.29. The van der Waals surface area contributed by atoms with E-state index in [2.05, 4.69) is 88.3 Å². The molecule has 0 bridgehead atoms. The van der Waals surface area contributed by atoms with Gasteiger partial charge in [-0.15, -0.1) is 5.10 Å². The largest absolute Gasteiger partial charge is 0.247 e. The Hall–Kier alpha value is -2.16. The van der Waals surface area contributed by atoms with Crippen molar-refractivity contribution in [2.45, 2.75) is 52.5 Å². The molecule has 0 aliphatic heterocycles. The van der Waals surface area contributed by atoms with Crippen LogP contribution in [0.5, 0.6) is 0 Å². The minimum absolute atomic E-state index is 0.0519. The second kappa shape index (κ2) is 5.19. The average molecular weight is 307 g/mol. The van der Waals surface area contributed by atoms with Crippen molar-refractivity contribution in [2.75, 3.05) is 0 Å². The number of benzene rings is 2. The van der Waals surface area contributed by atoms with Crippen LogP contribution in [0.1, 0.15) is 47.1 Å². The van der Waals surface area contributed by atoms with Gasteiger partial charge in [-0.3, -0.25) is 0 Å². The van der Waals surface area contributed by atoms with Gasteiger partial charge in [0.25, 0.3) is 0 Å². The third kappa shape index (κ3) is 3.14. The van der Waals surface area contributed by atoms with Gasteiger partial charge in [-0.25, -0.2) is 4.68 Å². The van der Waals surface area contributed by atoms with Crippen LogP contribution in [0.15, 0.2) is 42.6 Å². The first-order valence-corrected chi connectivity index (χ1v) is 8.12. The van der Waals surface area contributed by atoms with Gasteiger partial charge in [-0.1, -0.05) is 56.3 Å². The summed E-state index contributed by atoms with van der Waals surface area (Å²) in [5, 5.41) is 11.1. The van der Waals surface area contributed by atoms with Crippen LogP contribution in [0.3, 0.4) is 0 Å². The van der Waals surface area contributed by atoms with E-state index in [-0.39, 0.29) is 11.0 Å². The van der Waals surface area contributed by atoms with Crippen LogP contribution in [0.25, 0.3) is 22.0 Å². The molecule has 0 unspecified atom stereocenters. The molecular formula is C20H25N3. The molecule has 0 saturated carbocycles. The molecule has 0 aliphatic carbocycles. The lowest BCUT2D eigenvalue weighted by Crippen LogP contribution is -2.22. The van der Waals surface area contributed by atoms with Gasteiger partial charge >= 0.3 is 0 Å². The lowest BCUT2D eigenvalue weighted by molar-refractivity contribution is 0.347. The zero-order valence-electron chi connectivity index (χ0n) is 14.9. The van der Waals surface area contributed by atoms with Gasteiger partial charge in [0, 0.05) is 5.56 Å². The quantitative estimate of drug-likeness (QED) is 0.622. The fourth-order valence-corrected chi connectivity index (χ4v) is 2.60. The second-order valence-electron chi connectivity index (χ2n) is 8.25. The second-order valence-corrected chi connectivity index (χ2v) is 8.25. The maximum Gasteiger partial charge on any atom is 0.113 e. The zero-order valence-corrected chi connectivity index (χ0v) is 14.9. The first-order chi connectivity index (χ1) is 10.6. The number of nitrogens with zero attached hydrogens (tertiary/aromatic N) is 3. The highest BCUT2D eigenvalue weighted by atomic mass is 15.4. The summed E-state index contributed by atoms with van der Waals surface area (Å²) in [6.45, 7) is 13.1. The Morgan fingerprint density at radius 2 is 1.48 bits per heavy atom. The molecule has 0 fully saturated rings. The molecule has 0 spiro atoms. The maximum atomic E-state index is 4.33. The molecule has 3 nitrogen and oxygen atoms in total. The van der Waals surface area contributed by atoms with Crippen LogP contribution in [-0.4, -0.2) is 15.0 Å². The number of hydrogen-bond donors (Lipinski definition) is 0. The Balaban J connectivity index is 2.02. The summed E-state index contributed by atoms with van der Waals surface area (Å²) >= 11 is 0. The molecule has 0 atom stereocenters. The predicted molar refractivity (Wildman–Crippen MR) is 96.7 cm³/mol. The van der Waals surface area contributed by atoms with Crippen molar-refractivity contribution >= 4 is 10.8 Å². The van der Waals surface area contributed by atoms with Crippen molar-refractivity contribution in [1.82, 2.24) is 15.0 Å². The van der Waals surface area contributed by atoms with E-state index in [0.717, 1.165) is 11.3 Å². The summed E-state index contributed by atoms with van der Waals surface area (Å²) in [6.07, 6.45) is 2.02. The minimum atomic E-state index is -0.0519. The molecule has 1 aromatic heterocycles. The highest BCUT2D eigenvalue weighted by molar-refractivity contribution is 5.87.